The van der Waals surface area contributed by atoms with Gasteiger partial charge in [0.1, 0.15) is 0 Å². The number of hydrogen-bond acceptors (Lipinski definition) is 3. The molecule has 0 bridgehead atoms. The summed E-state index contributed by atoms with van der Waals surface area (Å²) in [5, 5.41) is 8.41. The van der Waals surface area contributed by atoms with Crippen LogP contribution in [0.25, 0.3) is 0 Å². The molecule has 0 aromatic carbocycles. The van der Waals surface area contributed by atoms with Crippen LogP contribution in [0.3, 0.4) is 0 Å². The molecule has 72 valence electrons. The molecule has 4 N–H and O–H groups in total. The van der Waals surface area contributed by atoms with Gasteiger partial charge in [-0.3, -0.25) is 5.21 Å². The van der Waals surface area contributed by atoms with Crippen molar-refractivity contribution in [2.24, 2.45) is 10.7 Å². The molecule has 1 aromatic heterocycles. The normalized spacial score (nSPS) is 14.2. The minimum absolute atomic E-state index is 0.00276. The Morgan fingerprint density at radius 2 is 2.46 bits per heavy atom. The summed E-state index contributed by atoms with van der Waals surface area (Å²) in [5.41, 5.74) is 7.05. The minimum Gasteiger partial charge on any atom is -0.368 e. The van der Waals surface area contributed by atoms with Gasteiger partial charge in [-0.25, -0.2) is 10.5 Å². The van der Waals surface area contributed by atoms with Crippen molar-refractivity contribution in [2.75, 3.05) is 0 Å². The van der Waals surface area contributed by atoms with Crippen LogP contribution < -0.4 is 11.2 Å². The SMILES string of the molecule is CC(N=C(N)NO)c1ccc(Cl)s1. The second-order valence-electron chi connectivity index (χ2n) is 2.44. The van der Waals surface area contributed by atoms with E-state index in [1.807, 2.05) is 13.0 Å². The van der Waals surface area contributed by atoms with Gasteiger partial charge in [0.05, 0.1) is 10.4 Å². The molecule has 13 heavy (non-hydrogen) atoms. The number of hydrogen-bond donors (Lipinski definition) is 3. The number of guanidine groups is 1. The lowest BCUT2D eigenvalue weighted by Gasteiger charge is -2.04. The number of aliphatic imine (C=N–C) groups is 1. The van der Waals surface area contributed by atoms with Crippen molar-refractivity contribution in [1.29, 1.82) is 0 Å². The van der Waals surface area contributed by atoms with Crippen LogP contribution in [0.15, 0.2) is 17.1 Å². The maximum atomic E-state index is 8.41. The van der Waals surface area contributed by atoms with E-state index in [1.54, 1.807) is 11.5 Å². The molecule has 0 fully saturated rings. The van der Waals surface area contributed by atoms with Crippen molar-refractivity contribution in [3.8, 4) is 0 Å². The van der Waals surface area contributed by atoms with E-state index in [2.05, 4.69) is 4.99 Å². The summed E-state index contributed by atoms with van der Waals surface area (Å²) >= 11 is 7.19. The van der Waals surface area contributed by atoms with Crippen molar-refractivity contribution in [1.82, 2.24) is 5.48 Å². The van der Waals surface area contributed by atoms with E-state index in [1.165, 1.54) is 11.3 Å². The molecule has 1 heterocycles. The zero-order chi connectivity index (χ0) is 9.84. The Bertz CT molecular complexity index is 312. The number of nitrogens with zero attached hydrogens (tertiary/aromatic N) is 1. The van der Waals surface area contributed by atoms with E-state index in [0.29, 0.717) is 4.34 Å². The van der Waals surface area contributed by atoms with Crippen LogP contribution >= 0.6 is 22.9 Å². The molecule has 0 aliphatic heterocycles. The third kappa shape index (κ3) is 2.87. The topological polar surface area (TPSA) is 70.6 Å². The Labute approximate surface area is 85.0 Å². The number of nitrogens with one attached hydrogen (secondary N) is 1. The molecule has 0 saturated carbocycles. The third-order valence-corrected chi connectivity index (χ3v) is 2.85. The molecular formula is C7H10ClN3OS. The second kappa shape index (κ2) is 4.45. The first-order chi connectivity index (χ1) is 6.13. The first-order valence-electron chi connectivity index (χ1n) is 3.62. The summed E-state index contributed by atoms with van der Waals surface area (Å²) < 4.78 is 0.715. The molecular weight excluding hydrogens is 210 g/mol. The van der Waals surface area contributed by atoms with Crippen LogP contribution in [-0.4, -0.2) is 11.2 Å². The lowest BCUT2D eigenvalue weighted by atomic mass is 10.3. The van der Waals surface area contributed by atoms with Crippen molar-refractivity contribution in [3.63, 3.8) is 0 Å². The Balaban J connectivity index is 2.74. The van der Waals surface area contributed by atoms with Gasteiger partial charge in [0.2, 0.25) is 5.96 Å². The van der Waals surface area contributed by atoms with Crippen LogP contribution in [0.2, 0.25) is 4.34 Å². The van der Waals surface area contributed by atoms with E-state index in [-0.39, 0.29) is 12.0 Å². The Kier molecular flexibility index (Phi) is 3.53. The maximum absolute atomic E-state index is 8.41. The Hall–Kier alpha value is -0.780. The average molecular weight is 220 g/mol. The number of nitrogens with two attached hydrogens (primary N) is 1. The molecule has 0 aliphatic carbocycles. The second-order valence-corrected chi connectivity index (χ2v) is 4.19. The number of thiophene rings is 1. The quantitative estimate of drug-likeness (QED) is 0.403. The van der Waals surface area contributed by atoms with E-state index in [0.717, 1.165) is 4.88 Å². The highest BCUT2D eigenvalue weighted by Gasteiger charge is 2.06. The van der Waals surface area contributed by atoms with Gasteiger partial charge >= 0.3 is 0 Å². The Morgan fingerprint density at radius 3 is 2.92 bits per heavy atom. The highest BCUT2D eigenvalue weighted by atomic mass is 35.5. The third-order valence-electron chi connectivity index (χ3n) is 1.45. The first-order valence-corrected chi connectivity index (χ1v) is 4.81. The largest absolute Gasteiger partial charge is 0.368 e. The molecule has 1 atom stereocenters. The van der Waals surface area contributed by atoms with Crippen LogP contribution in [0.1, 0.15) is 17.8 Å². The van der Waals surface area contributed by atoms with Crippen molar-refractivity contribution >= 4 is 28.9 Å². The molecule has 1 unspecified atom stereocenters. The minimum atomic E-state index is -0.0999. The molecule has 0 radical (unpaired) electrons. The lowest BCUT2D eigenvalue weighted by molar-refractivity contribution is 0.232. The van der Waals surface area contributed by atoms with Crippen molar-refractivity contribution < 1.29 is 5.21 Å². The fourth-order valence-electron chi connectivity index (χ4n) is 0.854. The van der Waals surface area contributed by atoms with Crippen LogP contribution in [0, 0.1) is 0 Å². The van der Waals surface area contributed by atoms with Crippen LogP contribution in [-0.2, 0) is 0 Å². The summed E-state index contributed by atoms with van der Waals surface area (Å²) in [4.78, 5) is 4.97. The highest BCUT2D eigenvalue weighted by Crippen LogP contribution is 2.28. The average Bonchev–Trinajstić information content (AvgIpc) is 2.51. The number of halogens is 1. The molecule has 0 amide bonds. The van der Waals surface area contributed by atoms with Gasteiger partial charge in [0.15, 0.2) is 0 Å². The molecule has 6 heteroatoms. The lowest BCUT2D eigenvalue weighted by Crippen LogP contribution is -2.28. The zero-order valence-electron chi connectivity index (χ0n) is 6.99. The van der Waals surface area contributed by atoms with E-state index in [4.69, 9.17) is 22.5 Å². The molecule has 0 spiro atoms. The summed E-state index contributed by atoms with van der Waals surface area (Å²) in [6.45, 7) is 1.87. The maximum Gasteiger partial charge on any atom is 0.213 e. The van der Waals surface area contributed by atoms with Gasteiger partial charge in [-0.2, -0.15) is 0 Å². The fourth-order valence-corrected chi connectivity index (χ4v) is 1.90. The molecule has 4 nitrogen and oxygen atoms in total. The van der Waals surface area contributed by atoms with Crippen molar-refractivity contribution in [3.05, 3.63) is 21.3 Å². The monoisotopic (exact) mass is 219 g/mol. The predicted molar refractivity (Wildman–Crippen MR) is 54.3 cm³/mol. The van der Waals surface area contributed by atoms with E-state index in [9.17, 15) is 0 Å². The first kappa shape index (κ1) is 10.3. The summed E-state index contributed by atoms with van der Waals surface area (Å²) in [7, 11) is 0. The molecule has 0 aliphatic rings. The molecule has 1 aromatic rings. The van der Waals surface area contributed by atoms with Gasteiger partial charge in [-0.05, 0) is 19.1 Å². The number of rotatable bonds is 2. The summed E-state index contributed by atoms with van der Waals surface area (Å²) in [5.74, 6) is -0.00276. The van der Waals surface area contributed by atoms with Gasteiger partial charge in [-0.1, -0.05) is 11.6 Å². The Morgan fingerprint density at radius 1 is 1.77 bits per heavy atom. The van der Waals surface area contributed by atoms with Crippen molar-refractivity contribution in [2.45, 2.75) is 13.0 Å². The van der Waals surface area contributed by atoms with Crippen LogP contribution in [0.5, 0.6) is 0 Å². The smallest absolute Gasteiger partial charge is 0.213 e. The predicted octanol–water partition coefficient (Wildman–Crippen LogP) is 1.76. The summed E-state index contributed by atoms with van der Waals surface area (Å²) in [6, 6.07) is 3.58. The van der Waals surface area contributed by atoms with Gasteiger partial charge in [0.25, 0.3) is 0 Å². The van der Waals surface area contributed by atoms with Gasteiger partial charge < -0.3 is 5.73 Å². The number of hydroxylamine groups is 1. The van der Waals surface area contributed by atoms with E-state index < -0.39 is 0 Å². The van der Waals surface area contributed by atoms with Gasteiger partial charge in [0, 0.05) is 4.88 Å². The van der Waals surface area contributed by atoms with Crippen LogP contribution in [0.4, 0.5) is 0 Å². The zero-order valence-corrected chi connectivity index (χ0v) is 8.56. The fraction of sp³-hybridized carbons (Fsp3) is 0.286. The van der Waals surface area contributed by atoms with E-state index >= 15 is 0 Å². The highest BCUT2D eigenvalue weighted by molar-refractivity contribution is 7.16. The standard InChI is InChI=1S/C7H10ClN3OS/c1-4(10-7(9)11-12)5-2-3-6(8)13-5/h2-4,12H,1H3,(H3,9,10,11). The molecule has 0 saturated heterocycles. The van der Waals surface area contributed by atoms with Gasteiger partial charge in [-0.15, -0.1) is 11.3 Å². The summed E-state index contributed by atoms with van der Waals surface area (Å²) in [6.07, 6.45) is 0. The molecule has 1 rings (SSSR count).